The van der Waals surface area contributed by atoms with E-state index in [0.717, 1.165) is 48.8 Å². The van der Waals surface area contributed by atoms with Crippen molar-refractivity contribution in [1.82, 2.24) is 10.6 Å². The van der Waals surface area contributed by atoms with Crippen molar-refractivity contribution in [1.29, 1.82) is 0 Å². The van der Waals surface area contributed by atoms with E-state index in [9.17, 15) is 4.79 Å². The van der Waals surface area contributed by atoms with Crippen molar-refractivity contribution in [2.75, 3.05) is 32.1 Å². The lowest BCUT2D eigenvalue weighted by molar-refractivity contribution is -0.124. The summed E-state index contributed by atoms with van der Waals surface area (Å²) in [5.41, 5.74) is 1.82. The summed E-state index contributed by atoms with van der Waals surface area (Å²) in [6.45, 7) is 3.12. The SMILES string of the molecule is CN=C(NCCCOCc1ccco1)NCc1cccc(NC(=O)C2CCCO2)c1.I. The molecule has 9 heteroatoms. The van der Waals surface area contributed by atoms with Gasteiger partial charge in [-0.1, -0.05) is 12.1 Å². The van der Waals surface area contributed by atoms with Gasteiger partial charge in [-0.25, -0.2) is 0 Å². The summed E-state index contributed by atoms with van der Waals surface area (Å²) >= 11 is 0. The summed E-state index contributed by atoms with van der Waals surface area (Å²) < 4.78 is 16.2. The van der Waals surface area contributed by atoms with Crippen LogP contribution >= 0.6 is 24.0 Å². The molecule has 1 aromatic carbocycles. The molecule has 2 aromatic rings. The number of aliphatic imine (C=N–C) groups is 1. The number of furan rings is 1. The molecule has 1 atom stereocenters. The van der Waals surface area contributed by atoms with Crippen LogP contribution in [0.3, 0.4) is 0 Å². The molecule has 0 radical (unpaired) electrons. The van der Waals surface area contributed by atoms with Gasteiger partial charge in [0.1, 0.15) is 18.5 Å². The van der Waals surface area contributed by atoms with Crippen LogP contribution in [0.25, 0.3) is 0 Å². The summed E-state index contributed by atoms with van der Waals surface area (Å²) in [4.78, 5) is 16.4. The number of rotatable bonds is 10. The number of nitrogens with zero attached hydrogens (tertiary/aromatic N) is 1. The molecule has 1 aliphatic rings. The minimum atomic E-state index is -0.335. The third-order valence-corrected chi connectivity index (χ3v) is 4.68. The third-order valence-electron chi connectivity index (χ3n) is 4.68. The van der Waals surface area contributed by atoms with Gasteiger partial charge in [0.25, 0.3) is 5.91 Å². The quantitative estimate of drug-likeness (QED) is 0.185. The lowest BCUT2D eigenvalue weighted by Gasteiger charge is -2.14. The number of hydrogen-bond acceptors (Lipinski definition) is 5. The van der Waals surface area contributed by atoms with Gasteiger partial charge in [-0.2, -0.15) is 0 Å². The molecule has 1 aromatic heterocycles. The first-order valence-corrected chi connectivity index (χ1v) is 10.3. The molecule has 3 rings (SSSR count). The minimum Gasteiger partial charge on any atom is -0.467 e. The van der Waals surface area contributed by atoms with E-state index in [0.29, 0.717) is 26.4 Å². The zero-order valence-corrected chi connectivity index (χ0v) is 20.1. The highest BCUT2D eigenvalue weighted by Crippen LogP contribution is 2.16. The van der Waals surface area contributed by atoms with E-state index < -0.39 is 0 Å². The second-order valence-electron chi connectivity index (χ2n) is 7.03. The van der Waals surface area contributed by atoms with Crippen molar-refractivity contribution < 1.29 is 18.7 Å². The second kappa shape index (κ2) is 14.0. The maximum atomic E-state index is 12.2. The number of nitrogens with one attached hydrogen (secondary N) is 3. The zero-order valence-electron chi connectivity index (χ0n) is 17.8. The fourth-order valence-corrected chi connectivity index (χ4v) is 3.12. The van der Waals surface area contributed by atoms with Crippen molar-refractivity contribution >= 4 is 41.5 Å². The molecule has 0 bridgehead atoms. The molecule has 1 amide bonds. The van der Waals surface area contributed by atoms with E-state index in [2.05, 4.69) is 20.9 Å². The Balaban J connectivity index is 0.00000341. The van der Waals surface area contributed by atoms with Gasteiger partial charge in [0.2, 0.25) is 0 Å². The fourth-order valence-electron chi connectivity index (χ4n) is 3.12. The number of carbonyl (C=O) groups is 1. The maximum Gasteiger partial charge on any atom is 0.253 e. The smallest absolute Gasteiger partial charge is 0.253 e. The van der Waals surface area contributed by atoms with Crippen molar-refractivity contribution in [3.63, 3.8) is 0 Å². The zero-order chi connectivity index (χ0) is 21.0. The Morgan fingerprint density at radius 2 is 2.16 bits per heavy atom. The summed E-state index contributed by atoms with van der Waals surface area (Å²) in [5, 5.41) is 9.48. The van der Waals surface area contributed by atoms with Gasteiger partial charge in [0, 0.05) is 39.0 Å². The first kappa shape index (κ1) is 25.2. The summed E-state index contributed by atoms with van der Waals surface area (Å²) in [5.74, 6) is 1.47. The van der Waals surface area contributed by atoms with E-state index in [1.807, 2.05) is 36.4 Å². The van der Waals surface area contributed by atoms with Crippen LogP contribution in [0.2, 0.25) is 0 Å². The van der Waals surface area contributed by atoms with E-state index in [4.69, 9.17) is 13.9 Å². The average Bonchev–Trinajstić information content (AvgIpc) is 3.47. The van der Waals surface area contributed by atoms with Crippen LogP contribution in [0.4, 0.5) is 5.69 Å². The monoisotopic (exact) mass is 542 g/mol. The Hall–Kier alpha value is -2.11. The lowest BCUT2D eigenvalue weighted by Crippen LogP contribution is -2.37. The van der Waals surface area contributed by atoms with E-state index in [-0.39, 0.29) is 36.0 Å². The number of halogens is 1. The van der Waals surface area contributed by atoms with Gasteiger partial charge in [-0.15, -0.1) is 24.0 Å². The number of ether oxygens (including phenoxy) is 2. The number of carbonyl (C=O) groups excluding carboxylic acids is 1. The number of anilines is 1. The second-order valence-corrected chi connectivity index (χ2v) is 7.03. The van der Waals surface area contributed by atoms with Gasteiger partial charge in [0.15, 0.2) is 5.96 Å². The Kier molecular flexibility index (Phi) is 11.4. The van der Waals surface area contributed by atoms with Crippen LogP contribution in [-0.4, -0.2) is 44.8 Å². The predicted octanol–water partition coefficient (Wildman–Crippen LogP) is 3.29. The number of guanidine groups is 1. The topological polar surface area (TPSA) is 97.1 Å². The lowest BCUT2D eigenvalue weighted by atomic mass is 10.2. The van der Waals surface area contributed by atoms with Crippen molar-refractivity contribution in [3.8, 4) is 0 Å². The molecule has 0 spiro atoms. The Labute approximate surface area is 200 Å². The number of amides is 1. The molecule has 1 fully saturated rings. The molecule has 3 N–H and O–H groups in total. The highest BCUT2D eigenvalue weighted by atomic mass is 127. The standard InChI is InChI=1S/C22H30N4O4.HI/c1-23-22(24-10-5-11-28-16-19-8-3-12-29-19)25-15-17-6-2-7-18(14-17)26-21(27)20-9-4-13-30-20;/h2-3,6-8,12,14,20H,4-5,9-11,13,15-16H2,1H3,(H,26,27)(H2,23,24,25);1H. The van der Waals surface area contributed by atoms with E-state index in [1.54, 1.807) is 13.3 Å². The Morgan fingerprint density at radius 1 is 1.26 bits per heavy atom. The highest BCUT2D eigenvalue weighted by Gasteiger charge is 2.23. The molecule has 31 heavy (non-hydrogen) atoms. The van der Waals surface area contributed by atoms with Gasteiger partial charge in [0.05, 0.1) is 6.26 Å². The highest BCUT2D eigenvalue weighted by molar-refractivity contribution is 14.0. The maximum absolute atomic E-state index is 12.2. The molecule has 1 aliphatic heterocycles. The first-order valence-electron chi connectivity index (χ1n) is 10.3. The molecular formula is C22H31IN4O4. The summed E-state index contributed by atoms with van der Waals surface area (Å²) in [6.07, 6.45) is 3.88. The van der Waals surface area contributed by atoms with Gasteiger partial charge in [-0.05, 0) is 49.1 Å². The molecule has 1 saturated heterocycles. The van der Waals surface area contributed by atoms with Crippen LogP contribution < -0.4 is 16.0 Å². The molecular weight excluding hydrogens is 511 g/mol. The number of hydrogen-bond donors (Lipinski definition) is 3. The fraction of sp³-hybridized carbons (Fsp3) is 0.455. The van der Waals surface area contributed by atoms with E-state index in [1.165, 1.54) is 0 Å². The molecule has 170 valence electrons. The molecule has 0 saturated carbocycles. The Bertz CT molecular complexity index is 808. The van der Waals surface area contributed by atoms with Crippen LogP contribution in [0.5, 0.6) is 0 Å². The largest absolute Gasteiger partial charge is 0.467 e. The molecule has 8 nitrogen and oxygen atoms in total. The van der Waals surface area contributed by atoms with Crippen LogP contribution in [0.1, 0.15) is 30.6 Å². The van der Waals surface area contributed by atoms with Crippen molar-refractivity contribution in [2.45, 2.75) is 38.5 Å². The predicted molar refractivity (Wildman–Crippen MR) is 131 cm³/mol. The van der Waals surface area contributed by atoms with Gasteiger partial charge >= 0.3 is 0 Å². The van der Waals surface area contributed by atoms with Gasteiger partial charge < -0.3 is 29.8 Å². The van der Waals surface area contributed by atoms with E-state index >= 15 is 0 Å². The average molecular weight is 542 g/mol. The van der Waals surface area contributed by atoms with Crippen molar-refractivity contribution in [2.24, 2.45) is 4.99 Å². The Morgan fingerprint density at radius 3 is 2.90 bits per heavy atom. The first-order chi connectivity index (χ1) is 14.7. The van der Waals surface area contributed by atoms with Crippen LogP contribution in [0.15, 0.2) is 52.1 Å². The normalized spacial score (nSPS) is 15.9. The molecule has 2 heterocycles. The van der Waals surface area contributed by atoms with Crippen LogP contribution in [-0.2, 0) is 27.4 Å². The minimum absolute atomic E-state index is 0. The number of benzene rings is 1. The van der Waals surface area contributed by atoms with Crippen molar-refractivity contribution in [3.05, 3.63) is 54.0 Å². The molecule has 1 unspecified atom stereocenters. The third kappa shape index (κ3) is 8.88. The summed E-state index contributed by atoms with van der Waals surface area (Å²) in [6, 6.07) is 11.5. The van der Waals surface area contributed by atoms with Crippen LogP contribution in [0, 0.1) is 0 Å². The molecule has 0 aliphatic carbocycles. The summed E-state index contributed by atoms with van der Waals surface area (Å²) in [7, 11) is 1.74. The van der Waals surface area contributed by atoms with Gasteiger partial charge in [-0.3, -0.25) is 9.79 Å².